The van der Waals surface area contributed by atoms with Gasteiger partial charge in [0.05, 0.1) is 11.3 Å². The van der Waals surface area contributed by atoms with Crippen LogP contribution in [0.25, 0.3) is 5.57 Å². The Morgan fingerprint density at radius 3 is 2.45 bits per heavy atom. The Morgan fingerprint density at radius 2 is 1.76 bits per heavy atom. The van der Waals surface area contributed by atoms with Crippen molar-refractivity contribution in [2.24, 2.45) is 16.8 Å². The molecule has 0 radical (unpaired) electrons. The Kier molecular flexibility index (Phi) is 5.52. The molecule has 0 bridgehead atoms. The number of phenols is 1. The number of nitrogens with zero attached hydrogens (tertiary/aromatic N) is 1. The van der Waals surface area contributed by atoms with E-state index in [-0.39, 0.29) is 11.5 Å². The minimum Gasteiger partial charge on any atom is -0.507 e. The van der Waals surface area contributed by atoms with E-state index in [1.807, 2.05) is 36.4 Å². The number of allylic oxidation sites excluding steroid dienone is 2. The van der Waals surface area contributed by atoms with Gasteiger partial charge in [-0.2, -0.15) is 0 Å². The second-order valence-corrected chi connectivity index (χ2v) is 8.19. The van der Waals surface area contributed by atoms with E-state index in [9.17, 15) is 9.90 Å². The van der Waals surface area contributed by atoms with E-state index in [1.54, 1.807) is 12.1 Å². The number of aliphatic imine (C=N–C) groups is 1. The molecule has 1 fully saturated rings. The van der Waals surface area contributed by atoms with Gasteiger partial charge in [0.1, 0.15) is 11.5 Å². The molecule has 0 atom stereocenters. The van der Waals surface area contributed by atoms with Gasteiger partial charge in [-0.25, -0.2) is 4.99 Å². The van der Waals surface area contributed by atoms with Crippen LogP contribution in [-0.2, 0) is 0 Å². The third-order valence-electron chi connectivity index (χ3n) is 6.25. The first kappa shape index (κ1) is 19.4. The second kappa shape index (κ2) is 8.24. The normalized spacial score (nSPS) is 23.0. The van der Waals surface area contributed by atoms with Crippen molar-refractivity contribution in [2.75, 3.05) is 5.73 Å². The van der Waals surface area contributed by atoms with Crippen LogP contribution in [-0.4, -0.2) is 16.6 Å². The van der Waals surface area contributed by atoms with Gasteiger partial charge < -0.3 is 10.8 Å². The lowest BCUT2D eigenvalue weighted by Crippen LogP contribution is -2.25. The summed E-state index contributed by atoms with van der Waals surface area (Å²) in [5, 5.41) is 10.6. The van der Waals surface area contributed by atoms with Gasteiger partial charge in [0.15, 0.2) is 0 Å². The molecule has 3 N–H and O–H groups in total. The van der Waals surface area contributed by atoms with Crippen LogP contribution >= 0.6 is 0 Å². The SMILES string of the molecule is CCCC1CCC(C2=CC(=Nc3ccccc3)C(=O)c3c(N)ccc(O)c32)CC1. The molecule has 2 aliphatic carbocycles. The molecule has 0 aliphatic heterocycles. The molecule has 150 valence electrons. The third kappa shape index (κ3) is 3.84. The topological polar surface area (TPSA) is 75.7 Å². The molecule has 0 saturated heterocycles. The number of nitrogens with two attached hydrogens (primary N) is 1. The van der Waals surface area contributed by atoms with E-state index in [0.29, 0.717) is 28.4 Å². The second-order valence-electron chi connectivity index (χ2n) is 8.19. The van der Waals surface area contributed by atoms with E-state index in [1.165, 1.54) is 25.7 Å². The van der Waals surface area contributed by atoms with Crippen molar-refractivity contribution in [3.05, 3.63) is 59.7 Å². The molecule has 0 amide bonds. The van der Waals surface area contributed by atoms with Crippen molar-refractivity contribution < 1.29 is 9.90 Å². The number of para-hydroxylation sites is 1. The van der Waals surface area contributed by atoms with Crippen molar-refractivity contribution in [1.29, 1.82) is 0 Å². The van der Waals surface area contributed by atoms with Crippen LogP contribution in [0.3, 0.4) is 0 Å². The minimum absolute atomic E-state index is 0.128. The minimum atomic E-state index is -0.222. The molecule has 4 heteroatoms. The van der Waals surface area contributed by atoms with Crippen LogP contribution < -0.4 is 5.73 Å². The zero-order valence-electron chi connectivity index (χ0n) is 16.9. The molecule has 0 unspecified atom stereocenters. The number of ketones is 1. The fourth-order valence-electron chi connectivity index (χ4n) is 4.77. The van der Waals surface area contributed by atoms with E-state index in [0.717, 1.165) is 30.0 Å². The number of Topliss-reactive ketones (excluding diaryl/α,β-unsaturated/α-hetero) is 1. The molecule has 0 heterocycles. The highest BCUT2D eigenvalue weighted by Crippen LogP contribution is 2.45. The lowest BCUT2D eigenvalue weighted by Gasteiger charge is -2.32. The molecule has 1 saturated carbocycles. The van der Waals surface area contributed by atoms with E-state index in [2.05, 4.69) is 11.9 Å². The van der Waals surface area contributed by atoms with Crippen LogP contribution in [0.15, 0.2) is 53.5 Å². The third-order valence-corrected chi connectivity index (χ3v) is 6.25. The molecule has 0 aromatic heterocycles. The van der Waals surface area contributed by atoms with E-state index < -0.39 is 0 Å². The van der Waals surface area contributed by atoms with Gasteiger partial charge in [-0.15, -0.1) is 0 Å². The number of phenolic OH excluding ortho intramolecular Hbond substituents is 1. The van der Waals surface area contributed by atoms with Crippen LogP contribution in [0.1, 0.15) is 61.4 Å². The van der Waals surface area contributed by atoms with Crippen LogP contribution in [0.2, 0.25) is 0 Å². The fraction of sp³-hybridized carbons (Fsp3) is 0.360. The number of aromatic hydroxyl groups is 1. The average Bonchev–Trinajstić information content (AvgIpc) is 2.74. The summed E-state index contributed by atoms with van der Waals surface area (Å²) in [6, 6.07) is 12.7. The lowest BCUT2D eigenvalue weighted by molar-refractivity contribution is 0.106. The molecular formula is C25H28N2O2. The quantitative estimate of drug-likeness (QED) is 0.503. The average molecular weight is 389 g/mol. The van der Waals surface area contributed by atoms with Gasteiger partial charge >= 0.3 is 0 Å². The molecular weight excluding hydrogens is 360 g/mol. The summed E-state index contributed by atoms with van der Waals surface area (Å²) in [6.45, 7) is 2.24. The number of fused-ring (bicyclic) bond motifs is 1. The molecule has 29 heavy (non-hydrogen) atoms. The maximum Gasteiger partial charge on any atom is 0.214 e. The Balaban J connectivity index is 1.77. The molecule has 2 aliphatic rings. The number of nitrogen functional groups attached to an aromatic ring is 1. The highest BCUT2D eigenvalue weighted by atomic mass is 16.3. The number of hydrogen-bond donors (Lipinski definition) is 2. The van der Waals surface area contributed by atoms with Gasteiger partial charge in [-0.1, -0.05) is 38.0 Å². The summed E-state index contributed by atoms with van der Waals surface area (Å²) in [5.41, 5.74) is 9.74. The summed E-state index contributed by atoms with van der Waals surface area (Å²) in [5.74, 6) is 1.00. The summed E-state index contributed by atoms with van der Waals surface area (Å²) < 4.78 is 0. The molecule has 2 aromatic carbocycles. The predicted octanol–water partition coefficient (Wildman–Crippen LogP) is 5.93. The Hall–Kier alpha value is -2.88. The van der Waals surface area contributed by atoms with Gasteiger partial charge in [-0.3, -0.25) is 4.79 Å². The Morgan fingerprint density at radius 1 is 1.03 bits per heavy atom. The van der Waals surface area contributed by atoms with E-state index in [4.69, 9.17) is 5.73 Å². The molecule has 2 aromatic rings. The van der Waals surface area contributed by atoms with Crippen LogP contribution in [0.4, 0.5) is 11.4 Å². The maximum absolute atomic E-state index is 13.2. The zero-order valence-corrected chi connectivity index (χ0v) is 16.9. The summed E-state index contributed by atoms with van der Waals surface area (Å²) in [6.07, 6.45) is 8.90. The monoisotopic (exact) mass is 388 g/mol. The number of hydrogen-bond acceptors (Lipinski definition) is 4. The molecule has 4 nitrogen and oxygen atoms in total. The molecule has 0 spiro atoms. The van der Waals surface area contributed by atoms with Gasteiger partial charge in [0, 0.05) is 11.3 Å². The zero-order chi connectivity index (χ0) is 20.4. The predicted molar refractivity (Wildman–Crippen MR) is 119 cm³/mol. The molecule has 4 rings (SSSR count). The Labute approximate surface area is 172 Å². The van der Waals surface area contributed by atoms with Crippen molar-refractivity contribution in [3.63, 3.8) is 0 Å². The van der Waals surface area contributed by atoms with Gasteiger partial charge in [0.2, 0.25) is 5.78 Å². The number of benzene rings is 2. The lowest BCUT2D eigenvalue weighted by atomic mass is 9.72. The largest absolute Gasteiger partial charge is 0.507 e. The first-order valence-electron chi connectivity index (χ1n) is 10.6. The summed E-state index contributed by atoms with van der Waals surface area (Å²) in [4.78, 5) is 17.8. The fourth-order valence-corrected chi connectivity index (χ4v) is 4.77. The van der Waals surface area contributed by atoms with Gasteiger partial charge in [0.25, 0.3) is 0 Å². The highest BCUT2D eigenvalue weighted by Gasteiger charge is 2.34. The standard InChI is InChI=1S/C25H28N2O2/c1-2-6-16-9-11-17(12-10-16)19-15-21(27-18-7-4-3-5-8-18)25(29)24-20(26)13-14-22(28)23(19)24/h3-5,7-8,13-17,28H,2,6,9-12,26H2,1H3. The first-order chi connectivity index (χ1) is 14.1. The van der Waals surface area contributed by atoms with Crippen molar-refractivity contribution >= 4 is 28.4 Å². The number of anilines is 1. The summed E-state index contributed by atoms with van der Waals surface area (Å²) >= 11 is 0. The maximum atomic E-state index is 13.2. The number of carbonyl (C=O) groups is 1. The smallest absolute Gasteiger partial charge is 0.214 e. The van der Waals surface area contributed by atoms with E-state index >= 15 is 0 Å². The van der Waals surface area contributed by atoms with Crippen LogP contribution in [0, 0.1) is 11.8 Å². The summed E-state index contributed by atoms with van der Waals surface area (Å²) in [7, 11) is 0. The number of carbonyl (C=O) groups excluding carboxylic acids is 1. The van der Waals surface area contributed by atoms with Crippen LogP contribution in [0.5, 0.6) is 5.75 Å². The number of rotatable bonds is 4. The highest BCUT2D eigenvalue weighted by molar-refractivity contribution is 6.54. The van der Waals surface area contributed by atoms with Gasteiger partial charge in [-0.05, 0) is 73.4 Å². The van der Waals surface area contributed by atoms with Crippen molar-refractivity contribution in [2.45, 2.75) is 45.4 Å². The van der Waals surface area contributed by atoms with Crippen molar-refractivity contribution in [3.8, 4) is 5.75 Å². The Bertz CT molecular complexity index is 968. The van der Waals surface area contributed by atoms with Crippen molar-refractivity contribution in [1.82, 2.24) is 0 Å². The first-order valence-corrected chi connectivity index (χ1v) is 10.6.